The first-order valence-electron chi connectivity index (χ1n) is 6.45. The molecule has 2 heteroatoms. The predicted molar refractivity (Wildman–Crippen MR) is 74.6 cm³/mol. The fourth-order valence-electron chi connectivity index (χ4n) is 2.11. The summed E-state index contributed by atoms with van der Waals surface area (Å²) in [6.07, 6.45) is 1.55. The Balaban J connectivity index is 1.88. The van der Waals surface area contributed by atoms with Crippen LogP contribution in [-0.2, 0) is 17.6 Å². The van der Waals surface area contributed by atoms with E-state index >= 15 is 0 Å². The maximum atomic E-state index is 13.0. The van der Waals surface area contributed by atoms with Crippen LogP contribution in [0.5, 0.6) is 0 Å². The van der Waals surface area contributed by atoms with Gasteiger partial charge in [0, 0.05) is 12.8 Å². The van der Waals surface area contributed by atoms with E-state index in [-0.39, 0.29) is 11.6 Å². The van der Waals surface area contributed by atoms with Crippen molar-refractivity contribution in [3.05, 3.63) is 71.0 Å². The van der Waals surface area contributed by atoms with Crippen LogP contribution in [0.15, 0.2) is 48.5 Å². The smallest absolute Gasteiger partial charge is 0.137 e. The Morgan fingerprint density at radius 3 is 2.53 bits per heavy atom. The third kappa shape index (κ3) is 4.32. The number of halogens is 1. The van der Waals surface area contributed by atoms with Gasteiger partial charge in [0.15, 0.2) is 0 Å². The molecule has 0 fully saturated rings. The van der Waals surface area contributed by atoms with E-state index in [9.17, 15) is 9.18 Å². The minimum atomic E-state index is -0.288. The normalized spacial score (nSPS) is 10.4. The van der Waals surface area contributed by atoms with Crippen molar-refractivity contribution in [3.8, 4) is 0 Å². The van der Waals surface area contributed by atoms with E-state index in [0.717, 1.165) is 12.0 Å². The van der Waals surface area contributed by atoms with Crippen LogP contribution in [0, 0.1) is 12.7 Å². The average molecular weight is 256 g/mol. The van der Waals surface area contributed by atoms with Crippen molar-refractivity contribution in [1.82, 2.24) is 0 Å². The number of carbonyl (C=O) groups is 1. The van der Waals surface area contributed by atoms with Crippen molar-refractivity contribution in [2.75, 3.05) is 0 Å². The highest BCUT2D eigenvalue weighted by Crippen LogP contribution is 2.10. The molecule has 0 amide bonds. The van der Waals surface area contributed by atoms with E-state index in [1.54, 1.807) is 12.1 Å². The van der Waals surface area contributed by atoms with E-state index in [1.165, 1.54) is 23.3 Å². The van der Waals surface area contributed by atoms with Gasteiger partial charge in [0.2, 0.25) is 0 Å². The molecule has 0 aliphatic heterocycles. The van der Waals surface area contributed by atoms with Crippen LogP contribution in [0.1, 0.15) is 23.1 Å². The second kappa shape index (κ2) is 6.28. The van der Waals surface area contributed by atoms with E-state index < -0.39 is 0 Å². The van der Waals surface area contributed by atoms with Gasteiger partial charge in [0.1, 0.15) is 11.6 Å². The second-order valence-electron chi connectivity index (χ2n) is 4.83. The van der Waals surface area contributed by atoms with E-state index in [4.69, 9.17) is 0 Å². The van der Waals surface area contributed by atoms with Gasteiger partial charge in [-0.2, -0.15) is 0 Å². The van der Waals surface area contributed by atoms with Crippen LogP contribution < -0.4 is 0 Å². The van der Waals surface area contributed by atoms with Gasteiger partial charge in [-0.1, -0.05) is 42.0 Å². The van der Waals surface area contributed by atoms with Gasteiger partial charge in [0.25, 0.3) is 0 Å². The van der Waals surface area contributed by atoms with Crippen LogP contribution in [0.3, 0.4) is 0 Å². The second-order valence-corrected chi connectivity index (χ2v) is 4.83. The Bertz CT molecular complexity index is 575. The molecular weight excluding hydrogens is 239 g/mol. The fourth-order valence-corrected chi connectivity index (χ4v) is 2.11. The maximum absolute atomic E-state index is 13.0. The van der Waals surface area contributed by atoms with Crippen molar-refractivity contribution in [2.45, 2.75) is 26.2 Å². The number of ketones is 1. The molecule has 0 radical (unpaired) electrons. The van der Waals surface area contributed by atoms with Crippen molar-refractivity contribution in [2.24, 2.45) is 0 Å². The Labute approximate surface area is 113 Å². The third-order valence-electron chi connectivity index (χ3n) is 3.07. The van der Waals surface area contributed by atoms with Gasteiger partial charge in [-0.25, -0.2) is 4.39 Å². The SMILES string of the molecule is Cc1cccc(CCC(=O)Cc2cccc(F)c2)c1. The molecule has 2 aromatic carbocycles. The summed E-state index contributed by atoms with van der Waals surface area (Å²) >= 11 is 0. The summed E-state index contributed by atoms with van der Waals surface area (Å²) in [6, 6.07) is 14.4. The molecule has 2 aromatic rings. The summed E-state index contributed by atoms with van der Waals surface area (Å²) in [7, 11) is 0. The molecule has 0 aliphatic rings. The number of hydrogen-bond donors (Lipinski definition) is 0. The maximum Gasteiger partial charge on any atom is 0.137 e. The number of Topliss-reactive ketones (excluding diaryl/α,β-unsaturated/α-hetero) is 1. The average Bonchev–Trinajstić information content (AvgIpc) is 2.36. The number of hydrogen-bond acceptors (Lipinski definition) is 1. The minimum Gasteiger partial charge on any atom is -0.299 e. The van der Waals surface area contributed by atoms with Crippen molar-refractivity contribution in [3.63, 3.8) is 0 Å². The van der Waals surface area contributed by atoms with Crippen LogP contribution in [0.25, 0.3) is 0 Å². The molecule has 0 atom stereocenters. The number of aryl methyl sites for hydroxylation is 2. The summed E-state index contributed by atoms with van der Waals surface area (Å²) < 4.78 is 13.0. The van der Waals surface area contributed by atoms with Gasteiger partial charge in [0.05, 0.1) is 0 Å². The zero-order valence-electron chi connectivity index (χ0n) is 11.0. The van der Waals surface area contributed by atoms with Crippen LogP contribution in [0.4, 0.5) is 4.39 Å². The molecular formula is C17H17FO. The zero-order valence-corrected chi connectivity index (χ0v) is 11.0. The lowest BCUT2D eigenvalue weighted by Gasteiger charge is -2.03. The summed E-state index contributed by atoms with van der Waals surface area (Å²) in [5, 5.41) is 0. The first-order chi connectivity index (χ1) is 9.13. The number of carbonyl (C=O) groups excluding carboxylic acids is 1. The lowest BCUT2D eigenvalue weighted by Crippen LogP contribution is -2.04. The minimum absolute atomic E-state index is 0.145. The van der Waals surface area contributed by atoms with E-state index in [0.29, 0.717) is 12.8 Å². The van der Waals surface area contributed by atoms with Crippen LogP contribution in [0.2, 0.25) is 0 Å². The molecule has 1 nitrogen and oxygen atoms in total. The third-order valence-corrected chi connectivity index (χ3v) is 3.07. The molecule has 0 spiro atoms. The van der Waals surface area contributed by atoms with Gasteiger partial charge >= 0.3 is 0 Å². The van der Waals surface area contributed by atoms with E-state index in [1.807, 2.05) is 25.1 Å². The standard InChI is InChI=1S/C17H17FO/c1-13-4-2-5-14(10-13)8-9-17(19)12-15-6-3-7-16(18)11-15/h2-7,10-11H,8-9,12H2,1H3. The van der Waals surface area contributed by atoms with E-state index in [2.05, 4.69) is 6.07 Å². The summed E-state index contributed by atoms with van der Waals surface area (Å²) in [5.74, 6) is -0.143. The molecule has 0 bridgehead atoms. The zero-order chi connectivity index (χ0) is 13.7. The number of rotatable bonds is 5. The van der Waals surface area contributed by atoms with Crippen molar-refractivity contribution < 1.29 is 9.18 Å². The Hall–Kier alpha value is -1.96. The molecule has 2 rings (SSSR count). The Morgan fingerprint density at radius 1 is 1.05 bits per heavy atom. The topological polar surface area (TPSA) is 17.1 Å². The molecule has 0 saturated carbocycles. The quantitative estimate of drug-likeness (QED) is 0.793. The van der Waals surface area contributed by atoms with Gasteiger partial charge < -0.3 is 0 Å². The molecule has 19 heavy (non-hydrogen) atoms. The Morgan fingerprint density at radius 2 is 1.79 bits per heavy atom. The Kier molecular flexibility index (Phi) is 4.45. The molecule has 0 heterocycles. The molecule has 98 valence electrons. The fraction of sp³-hybridized carbons (Fsp3) is 0.235. The predicted octanol–water partition coefficient (Wildman–Crippen LogP) is 3.88. The highest BCUT2D eigenvalue weighted by Gasteiger charge is 2.05. The largest absolute Gasteiger partial charge is 0.299 e. The van der Waals surface area contributed by atoms with Crippen molar-refractivity contribution in [1.29, 1.82) is 0 Å². The highest BCUT2D eigenvalue weighted by atomic mass is 19.1. The molecule has 0 unspecified atom stereocenters. The van der Waals surface area contributed by atoms with Crippen LogP contribution >= 0.6 is 0 Å². The monoisotopic (exact) mass is 256 g/mol. The molecule has 0 N–H and O–H groups in total. The first kappa shape index (κ1) is 13.5. The first-order valence-corrected chi connectivity index (χ1v) is 6.45. The number of benzene rings is 2. The summed E-state index contributed by atoms with van der Waals surface area (Å²) in [5.41, 5.74) is 3.12. The molecule has 0 aliphatic carbocycles. The molecule has 0 saturated heterocycles. The van der Waals surface area contributed by atoms with Gasteiger partial charge in [-0.3, -0.25) is 4.79 Å². The lowest BCUT2D eigenvalue weighted by atomic mass is 10.0. The lowest BCUT2D eigenvalue weighted by molar-refractivity contribution is -0.118. The van der Waals surface area contributed by atoms with Gasteiger partial charge in [-0.05, 0) is 36.6 Å². The highest BCUT2D eigenvalue weighted by molar-refractivity contribution is 5.81. The summed E-state index contributed by atoms with van der Waals surface area (Å²) in [6.45, 7) is 2.04. The molecule has 0 aromatic heterocycles. The van der Waals surface area contributed by atoms with Crippen molar-refractivity contribution >= 4 is 5.78 Å². The van der Waals surface area contributed by atoms with Gasteiger partial charge in [-0.15, -0.1) is 0 Å². The van der Waals surface area contributed by atoms with Crippen LogP contribution in [-0.4, -0.2) is 5.78 Å². The summed E-state index contributed by atoms with van der Waals surface area (Å²) in [4.78, 5) is 11.9.